The molecule has 0 radical (unpaired) electrons. The van der Waals surface area contributed by atoms with Crippen LogP contribution in [-0.2, 0) is 7.05 Å². The molecule has 0 N–H and O–H groups in total. The Labute approximate surface area is 65.5 Å². The molecule has 0 aliphatic rings. The molecule has 1 heterocycles. The molecule has 0 bridgehead atoms. The molecule has 1 rings (SSSR count). The Morgan fingerprint density at radius 1 is 1.45 bits per heavy atom. The molecule has 0 atom stereocenters. The summed E-state index contributed by atoms with van der Waals surface area (Å²) >= 11 is 0. The van der Waals surface area contributed by atoms with Crippen LogP contribution in [0.4, 0.5) is 0 Å². The van der Waals surface area contributed by atoms with Crippen LogP contribution in [0.2, 0.25) is 0 Å². The number of rotatable bonds is 1. The van der Waals surface area contributed by atoms with Crippen molar-refractivity contribution in [3.05, 3.63) is 16.3 Å². The average Bonchev–Trinajstić information content (AvgIpc) is 2.07. The second-order valence-electron chi connectivity index (χ2n) is 2.92. The summed E-state index contributed by atoms with van der Waals surface area (Å²) in [5.74, 6) is 0.771. The van der Waals surface area contributed by atoms with E-state index in [1.807, 2.05) is 20.8 Å². The number of hydrogen-bond donors (Lipinski definition) is 0. The average molecular weight is 155 g/mol. The summed E-state index contributed by atoms with van der Waals surface area (Å²) in [5.41, 5.74) is -0.0440. The summed E-state index contributed by atoms with van der Waals surface area (Å²) in [6, 6.07) is 0.191. The van der Waals surface area contributed by atoms with Gasteiger partial charge in [-0.15, -0.1) is 0 Å². The SMILES string of the molecule is Cc1nn(C)c(=O)n1C(C)C. The fourth-order valence-corrected chi connectivity index (χ4v) is 1.20. The Balaban J connectivity index is 3.35. The van der Waals surface area contributed by atoms with Crippen LogP contribution in [0, 0.1) is 6.92 Å². The van der Waals surface area contributed by atoms with Crippen molar-refractivity contribution in [2.75, 3.05) is 0 Å². The maximum absolute atomic E-state index is 11.3. The molecule has 0 saturated carbocycles. The second kappa shape index (κ2) is 2.53. The van der Waals surface area contributed by atoms with E-state index in [2.05, 4.69) is 5.10 Å². The van der Waals surface area contributed by atoms with Gasteiger partial charge in [0, 0.05) is 13.1 Å². The van der Waals surface area contributed by atoms with Gasteiger partial charge in [-0.3, -0.25) is 4.57 Å². The molecule has 0 aromatic carbocycles. The first-order valence-electron chi connectivity index (χ1n) is 3.66. The van der Waals surface area contributed by atoms with Crippen molar-refractivity contribution in [2.45, 2.75) is 26.8 Å². The van der Waals surface area contributed by atoms with Gasteiger partial charge in [0.25, 0.3) is 0 Å². The molecule has 0 saturated heterocycles. The van der Waals surface area contributed by atoms with E-state index < -0.39 is 0 Å². The molecule has 0 amide bonds. The molecule has 4 heteroatoms. The molecular formula is C7H13N3O. The molecule has 0 spiro atoms. The molecule has 4 nitrogen and oxygen atoms in total. The fourth-order valence-electron chi connectivity index (χ4n) is 1.20. The van der Waals surface area contributed by atoms with E-state index in [0.29, 0.717) is 0 Å². The van der Waals surface area contributed by atoms with E-state index in [9.17, 15) is 4.79 Å². The van der Waals surface area contributed by atoms with Gasteiger partial charge in [0.1, 0.15) is 5.82 Å². The van der Waals surface area contributed by atoms with Gasteiger partial charge in [0.05, 0.1) is 0 Å². The van der Waals surface area contributed by atoms with E-state index >= 15 is 0 Å². The van der Waals surface area contributed by atoms with Crippen molar-refractivity contribution in [3.63, 3.8) is 0 Å². The summed E-state index contributed by atoms with van der Waals surface area (Å²) in [6.45, 7) is 5.77. The second-order valence-corrected chi connectivity index (χ2v) is 2.92. The normalized spacial score (nSPS) is 11.0. The van der Waals surface area contributed by atoms with Crippen LogP contribution in [0.15, 0.2) is 4.79 Å². The molecular weight excluding hydrogens is 142 g/mol. The summed E-state index contributed by atoms with van der Waals surface area (Å²) in [6.07, 6.45) is 0. The van der Waals surface area contributed by atoms with Gasteiger partial charge in [-0.25, -0.2) is 9.48 Å². The Bertz CT molecular complexity index is 308. The monoisotopic (exact) mass is 155 g/mol. The molecule has 1 aromatic rings. The summed E-state index contributed by atoms with van der Waals surface area (Å²) in [4.78, 5) is 11.3. The topological polar surface area (TPSA) is 39.8 Å². The standard InChI is InChI=1S/C7H13N3O/c1-5(2)10-6(3)8-9(4)7(10)11/h5H,1-4H3. The number of aryl methyl sites for hydroxylation is 2. The molecule has 62 valence electrons. The first-order valence-corrected chi connectivity index (χ1v) is 3.66. The zero-order valence-corrected chi connectivity index (χ0v) is 7.33. The van der Waals surface area contributed by atoms with Crippen LogP contribution in [0.3, 0.4) is 0 Å². The third-order valence-corrected chi connectivity index (χ3v) is 1.64. The zero-order valence-electron chi connectivity index (χ0n) is 7.33. The number of nitrogens with zero attached hydrogens (tertiary/aromatic N) is 3. The lowest BCUT2D eigenvalue weighted by atomic mass is 10.4. The highest BCUT2D eigenvalue weighted by Gasteiger charge is 2.08. The lowest BCUT2D eigenvalue weighted by molar-refractivity contribution is 0.556. The van der Waals surface area contributed by atoms with E-state index in [-0.39, 0.29) is 11.7 Å². The fraction of sp³-hybridized carbons (Fsp3) is 0.714. The van der Waals surface area contributed by atoms with Gasteiger partial charge < -0.3 is 0 Å². The molecule has 0 aliphatic heterocycles. The van der Waals surface area contributed by atoms with E-state index in [1.54, 1.807) is 11.6 Å². The summed E-state index contributed by atoms with van der Waals surface area (Å²) in [5, 5.41) is 4.00. The highest BCUT2D eigenvalue weighted by Crippen LogP contribution is 2.01. The quantitative estimate of drug-likeness (QED) is 0.591. The van der Waals surface area contributed by atoms with Gasteiger partial charge in [0.2, 0.25) is 0 Å². The van der Waals surface area contributed by atoms with E-state index in [1.165, 1.54) is 4.68 Å². The summed E-state index contributed by atoms with van der Waals surface area (Å²) in [7, 11) is 1.66. The summed E-state index contributed by atoms with van der Waals surface area (Å²) < 4.78 is 3.02. The third-order valence-electron chi connectivity index (χ3n) is 1.64. The van der Waals surface area contributed by atoms with Gasteiger partial charge in [0.15, 0.2) is 0 Å². The largest absolute Gasteiger partial charge is 0.345 e. The van der Waals surface area contributed by atoms with Gasteiger partial charge in [-0.2, -0.15) is 5.10 Å². The lowest BCUT2D eigenvalue weighted by Gasteiger charge is -2.04. The number of aromatic nitrogens is 3. The zero-order chi connectivity index (χ0) is 8.59. The van der Waals surface area contributed by atoms with Crippen molar-refractivity contribution < 1.29 is 0 Å². The highest BCUT2D eigenvalue weighted by atomic mass is 16.2. The van der Waals surface area contributed by atoms with Crippen molar-refractivity contribution in [1.82, 2.24) is 14.3 Å². The predicted octanol–water partition coefficient (Wildman–Crippen LogP) is 0.471. The van der Waals surface area contributed by atoms with Gasteiger partial charge in [-0.05, 0) is 20.8 Å². The van der Waals surface area contributed by atoms with Crippen LogP contribution in [0.1, 0.15) is 25.7 Å². The minimum absolute atomic E-state index is 0.0440. The Morgan fingerprint density at radius 3 is 2.18 bits per heavy atom. The minimum atomic E-state index is -0.0440. The Hall–Kier alpha value is -1.06. The van der Waals surface area contributed by atoms with Crippen LogP contribution >= 0.6 is 0 Å². The first kappa shape index (κ1) is 8.04. The van der Waals surface area contributed by atoms with E-state index in [4.69, 9.17) is 0 Å². The Kier molecular flexibility index (Phi) is 1.85. The van der Waals surface area contributed by atoms with Crippen molar-refractivity contribution in [2.24, 2.45) is 7.05 Å². The van der Waals surface area contributed by atoms with Crippen LogP contribution in [0.25, 0.3) is 0 Å². The van der Waals surface area contributed by atoms with Crippen molar-refractivity contribution in [3.8, 4) is 0 Å². The maximum atomic E-state index is 11.3. The number of hydrogen-bond acceptors (Lipinski definition) is 2. The first-order chi connectivity index (χ1) is 5.04. The van der Waals surface area contributed by atoms with E-state index in [0.717, 1.165) is 5.82 Å². The molecule has 11 heavy (non-hydrogen) atoms. The van der Waals surface area contributed by atoms with Crippen molar-refractivity contribution in [1.29, 1.82) is 0 Å². The molecule has 0 aliphatic carbocycles. The molecule has 1 aromatic heterocycles. The van der Waals surface area contributed by atoms with Gasteiger partial charge in [-0.1, -0.05) is 0 Å². The van der Waals surface area contributed by atoms with Crippen LogP contribution in [-0.4, -0.2) is 14.3 Å². The highest BCUT2D eigenvalue weighted by molar-refractivity contribution is 4.85. The van der Waals surface area contributed by atoms with Gasteiger partial charge >= 0.3 is 5.69 Å². The van der Waals surface area contributed by atoms with Crippen LogP contribution < -0.4 is 5.69 Å². The molecule has 0 unspecified atom stereocenters. The minimum Gasteiger partial charge on any atom is -0.277 e. The predicted molar refractivity (Wildman–Crippen MR) is 42.6 cm³/mol. The molecule has 0 fully saturated rings. The van der Waals surface area contributed by atoms with Crippen molar-refractivity contribution >= 4 is 0 Å². The van der Waals surface area contributed by atoms with Crippen LogP contribution in [0.5, 0.6) is 0 Å². The lowest BCUT2D eigenvalue weighted by Crippen LogP contribution is -2.24. The smallest absolute Gasteiger partial charge is 0.277 e. The Morgan fingerprint density at radius 2 is 2.00 bits per heavy atom. The maximum Gasteiger partial charge on any atom is 0.345 e. The third kappa shape index (κ3) is 1.20.